The van der Waals surface area contributed by atoms with Crippen molar-refractivity contribution in [1.29, 1.82) is 0 Å². The van der Waals surface area contributed by atoms with E-state index in [1.54, 1.807) is 7.11 Å². The monoisotopic (exact) mass is 318 g/mol. The van der Waals surface area contributed by atoms with E-state index in [2.05, 4.69) is 15.9 Å². The normalized spacial score (nSPS) is 10.2. The Balaban J connectivity index is 1.97. The van der Waals surface area contributed by atoms with Crippen molar-refractivity contribution in [2.24, 2.45) is 0 Å². The number of ether oxygens (including phenoxy) is 1. The molecule has 3 heteroatoms. The highest BCUT2D eigenvalue weighted by atomic mass is 79.9. The average Bonchev–Trinajstić information content (AvgIpc) is 2.45. The lowest BCUT2D eigenvalue weighted by Crippen LogP contribution is -2.01. The first kappa shape index (κ1) is 13.8. The number of hydrogen-bond donors (Lipinski definition) is 0. The zero-order valence-electron chi connectivity index (χ0n) is 10.7. The fourth-order valence-electron chi connectivity index (χ4n) is 1.87. The first-order valence-electron chi connectivity index (χ1n) is 6.11. The van der Waals surface area contributed by atoms with Crippen LogP contribution in [0.15, 0.2) is 53.0 Å². The van der Waals surface area contributed by atoms with Gasteiger partial charge in [-0.1, -0.05) is 28.1 Å². The van der Waals surface area contributed by atoms with E-state index >= 15 is 0 Å². The van der Waals surface area contributed by atoms with Crippen molar-refractivity contribution in [1.82, 2.24) is 0 Å². The molecule has 0 N–H and O–H groups in total. The highest BCUT2D eigenvalue weighted by Crippen LogP contribution is 2.16. The molecule has 0 fully saturated rings. The average molecular weight is 319 g/mol. The summed E-state index contributed by atoms with van der Waals surface area (Å²) in [6, 6.07) is 15.3. The molecule has 2 aromatic carbocycles. The molecule has 98 valence electrons. The third-order valence-electron chi connectivity index (χ3n) is 2.94. The highest BCUT2D eigenvalue weighted by molar-refractivity contribution is 9.10. The maximum Gasteiger partial charge on any atom is 0.163 e. The van der Waals surface area contributed by atoms with E-state index in [-0.39, 0.29) is 5.78 Å². The largest absolute Gasteiger partial charge is 0.497 e. The summed E-state index contributed by atoms with van der Waals surface area (Å²) in [7, 11) is 1.62. The predicted molar refractivity (Wildman–Crippen MR) is 79.8 cm³/mol. The van der Waals surface area contributed by atoms with Crippen LogP contribution in [-0.2, 0) is 6.42 Å². The molecule has 0 saturated heterocycles. The maximum atomic E-state index is 12.1. The maximum absolute atomic E-state index is 12.1. The number of hydrogen-bond acceptors (Lipinski definition) is 2. The van der Waals surface area contributed by atoms with Gasteiger partial charge in [-0.3, -0.25) is 4.79 Å². The lowest BCUT2D eigenvalue weighted by atomic mass is 10.0. The molecule has 0 amide bonds. The van der Waals surface area contributed by atoms with Crippen LogP contribution >= 0.6 is 15.9 Å². The standard InChI is InChI=1S/C16H15BrO2/c1-19-15-8-6-13(7-9-15)16(18)10-5-12-3-2-4-14(17)11-12/h2-4,6-9,11H,5,10H2,1H3. The second kappa shape index (κ2) is 6.53. The van der Waals surface area contributed by atoms with Gasteiger partial charge in [0.15, 0.2) is 5.78 Å². The molecule has 2 aromatic rings. The molecule has 0 bridgehead atoms. The van der Waals surface area contributed by atoms with Gasteiger partial charge in [0.05, 0.1) is 7.11 Å². The van der Waals surface area contributed by atoms with Gasteiger partial charge in [-0.25, -0.2) is 0 Å². The fraction of sp³-hybridized carbons (Fsp3) is 0.188. The number of rotatable bonds is 5. The van der Waals surface area contributed by atoms with Crippen LogP contribution in [0.5, 0.6) is 5.75 Å². The van der Waals surface area contributed by atoms with Crippen molar-refractivity contribution in [2.75, 3.05) is 7.11 Å². The smallest absolute Gasteiger partial charge is 0.163 e. The molecule has 0 aliphatic carbocycles. The Morgan fingerprint density at radius 2 is 1.89 bits per heavy atom. The minimum absolute atomic E-state index is 0.155. The van der Waals surface area contributed by atoms with Gasteiger partial charge >= 0.3 is 0 Å². The molecule has 19 heavy (non-hydrogen) atoms. The summed E-state index contributed by atoms with van der Waals surface area (Å²) in [6.07, 6.45) is 1.27. The summed E-state index contributed by atoms with van der Waals surface area (Å²) >= 11 is 3.43. The Morgan fingerprint density at radius 3 is 2.53 bits per heavy atom. The minimum atomic E-state index is 0.155. The van der Waals surface area contributed by atoms with Crippen LogP contribution in [0.3, 0.4) is 0 Å². The van der Waals surface area contributed by atoms with Gasteiger partial charge < -0.3 is 4.74 Å². The van der Waals surface area contributed by atoms with Crippen LogP contribution in [0.4, 0.5) is 0 Å². The molecular weight excluding hydrogens is 304 g/mol. The van der Waals surface area contributed by atoms with Crippen LogP contribution in [0.1, 0.15) is 22.3 Å². The molecular formula is C16H15BrO2. The summed E-state index contributed by atoms with van der Waals surface area (Å²) in [4.78, 5) is 12.1. The van der Waals surface area contributed by atoms with E-state index in [4.69, 9.17) is 4.74 Å². The third kappa shape index (κ3) is 3.93. The van der Waals surface area contributed by atoms with E-state index < -0.39 is 0 Å². The Kier molecular flexibility index (Phi) is 4.74. The third-order valence-corrected chi connectivity index (χ3v) is 3.44. The molecule has 0 spiro atoms. The number of methoxy groups -OCH3 is 1. The number of Topliss-reactive ketones (excluding diaryl/α,β-unsaturated/α-hetero) is 1. The minimum Gasteiger partial charge on any atom is -0.497 e. The first-order chi connectivity index (χ1) is 9.19. The quantitative estimate of drug-likeness (QED) is 0.769. The summed E-state index contributed by atoms with van der Waals surface area (Å²) in [5.41, 5.74) is 1.90. The molecule has 2 rings (SSSR count). The van der Waals surface area contributed by atoms with Gasteiger partial charge in [0, 0.05) is 16.5 Å². The topological polar surface area (TPSA) is 26.3 Å². The van der Waals surface area contributed by atoms with Crippen molar-refractivity contribution in [3.63, 3.8) is 0 Å². The van der Waals surface area contributed by atoms with Crippen LogP contribution in [-0.4, -0.2) is 12.9 Å². The number of carbonyl (C=O) groups is 1. The number of ketones is 1. The SMILES string of the molecule is COc1ccc(C(=O)CCc2cccc(Br)c2)cc1. The molecule has 0 aromatic heterocycles. The van der Waals surface area contributed by atoms with Gasteiger partial charge in [-0.2, -0.15) is 0 Å². The lowest BCUT2D eigenvalue weighted by molar-refractivity contribution is 0.0983. The second-order valence-electron chi connectivity index (χ2n) is 4.28. The number of halogens is 1. The number of carbonyl (C=O) groups excluding carboxylic acids is 1. The second-order valence-corrected chi connectivity index (χ2v) is 5.20. The first-order valence-corrected chi connectivity index (χ1v) is 6.90. The molecule has 0 unspecified atom stereocenters. The number of benzene rings is 2. The van der Waals surface area contributed by atoms with Gasteiger partial charge in [0.2, 0.25) is 0 Å². The van der Waals surface area contributed by atoms with Crippen LogP contribution in [0.2, 0.25) is 0 Å². The van der Waals surface area contributed by atoms with Crippen molar-refractivity contribution < 1.29 is 9.53 Å². The molecule has 0 saturated carbocycles. The van der Waals surface area contributed by atoms with Crippen molar-refractivity contribution in [2.45, 2.75) is 12.8 Å². The van der Waals surface area contributed by atoms with Crippen LogP contribution < -0.4 is 4.74 Å². The highest BCUT2D eigenvalue weighted by Gasteiger charge is 2.06. The Labute approximate surface area is 121 Å². The van der Waals surface area contributed by atoms with E-state index in [9.17, 15) is 4.79 Å². The van der Waals surface area contributed by atoms with E-state index in [0.29, 0.717) is 6.42 Å². The van der Waals surface area contributed by atoms with Gasteiger partial charge in [-0.15, -0.1) is 0 Å². The summed E-state index contributed by atoms with van der Waals surface area (Å²) < 4.78 is 6.12. The fourth-order valence-corrected chi connectivity index (χ4v) is 2.32. The van der Waals surface area contributed by atoms with E-state index in [1.807, 2.05) is 48.5 Å². The van der Waals surface area contributed by atoms with Crippen LogP contribution in [0, 0.1) is 0 Å². The molecule has 0 atom stereocenters. The summed E-state index contributed by atoms with van der Waals surface area (Å²) in [5.74, 6) is 0.922. The Morgan fingerprint density at radius 1 is 1.16 bits per heavy atom. The molecule has 0 aliphatic heterocycles. The Hall–Kier alpha value is -1.61. The lowest BCUT2D eigenvalue weighted by Gasteiger charge is -2.04. The van der Waals surface area contributed by atoms with E-state index in [1.165, 1.54) is 0 Å². The summed E-state index contributed by atoms with van der Waals surface area (Å²) in [6.45, 7) is 0. The Bertz CT molecular complexity index is 561. The summed E-state index contributed by atoms with van der Waals surface area (Å²) in [5, 5.41) is 0. The van der Waals surface area contributed by atoms with Gasteiger partial charge in [-0.05, 0) is 48.4 Å². The molecule has 0 aliphatic rings. The van der Waals surface area contributed by atoms with Crippen LogP contribution in [0.25, 0.3) is 0 Å². The molecule has 0 radical (unpaired) electrons. The molecule has 2 nitrogen and oxygen atoms in total. The van der Waals surface area contributed by atoms with E-state index in [0.717, 1.165) is 27.8 Å². The van der Waals surface area contributed by atoms with Crippen molar-refractivity contribution in [3.05, 3.63) is 64.1 Å². The van der Waals surface area contributed by atoms with Crippen molar-refractivity contribution >= 4 is 21.7 Å². The van der Waals surface area contributed by atoms with Gasteiger partial charge in [0.25, 0.3) is 0 Å². The zero-order chi connectivity index (χ0) is 13.7. The number of aryl methyl sites for hydroxylation is 1. The molecule has 0 heterocycles. The predicted octanol–water partition coefficient (Wildman–Crippen LogP) is 4.27. The zero-order valence-corrected chi connectivity index (χ0v) is 12.3. The van der Waals surface area contributed by atoms with Crippen molar-refractivity contribution in [3.8, 4) is 5.75 Å². The van der Waals surface area contributed by atoms with Gasteiger partial charge in [0.1, 0.15) is 5.75 Å².